The first-order valence-corrected chi connectivity index (χ1v) is 6.92. The minimum atomic E-state index is 0.575. The number of nitrogens with one attached hydrogen (secondary N) is 1. The molecule has 0 radical (unpaired) electrons. The molecular weight excluding hydrogens is 220 g/mol. The Hall–Kier alpha value is -1.33. The summed E-state index contributed by atoms with van der Waals surface area (Å²) < 4.78 is 0. The van der Waals surface area contributed by atoms with E-state index in [2.05, 4.69) is 38.2 Å². The summed E-state index contributed by atoms with van der Waals surface area (Å²) in [6.45, 7) is 7.63. The van der Waals surface area contributed by atoms with Gasteiger partial charge in [-0.3, -0.25) is 0 Å². The highest BCUT2D eigenvalue weighted by molar-refractivity contribution is 5.32. The van der Waals surface area contributed by atoms with E-state index in [-0.39, 0.29) is 0 Å². The van der Waals surface area contributed by atoms with E-state index in [9.17, 15) is 0 Å². The summed E-state index contributed by atoms with van der Waals surface area (Å²) in [5, 5.41) is 12.5. The molecule has 0 aromatic heterocycles. The third-order valence-electron chi connectivity index (χ3n) is 3.53. The zero-order valence-electron chi connectivity index (χ0n) is 11.7. The molecule has 0 saturated heterocycles. The van der Waals surface area contributed by atoms with Crippen molar-refractivity contribution in [3.8, 4) is 6.07 Å². The lowest BCUT2D eigenvalue weighted by molar-refractivity contribution is 0.384. The topological polar surface area (TPSA) is 35.8 Å². The Balaban J connectivity index is 2.49. The van der Waals surface area contributed by atoms with Crippen molar-refractivity contribution < 1.29 is 0 Å². The largest absolute Gasteiger partial charge is 0.310 e. The average Bonchev–Trinajstić information content (AvgIpc) is 2.43. The Kier molecular flexibility index (Phi) is 6.46. The Morgan fingerprint density at radius 1 is 1.28 bits per heavy atom. The lowest BCUT2D eigenvalue weighted by Gasteiger charge is -2.20. The summed E-state index contributed by atoms with van der Waals surface area (Å²) >= 11 is 0. The molecular formula is C16H24N2. The SMILES string of the molecule is CCC(C)CC(CC)NCc1cccc(C#N)c1. The first-order chi connectivity index (χ1) is 8.69. The molecule has 18 heavy (non-hydrogen) atoms. The minimum absolute atomic E-state index is 0.575. The second-order valence-electron chi connectivity index (χ2n) is 5.05. The van der Waals surface area contributed by atoms with E-state index in [1.807, 2.05) is 18.2 Å². The van der Waals surface area contributed by atoms with Crippen molar-refractivity contribution in [3.63, 3.8) is 0 Å². The minimum Gasteiger partial charge on any atom is -0.310 e. The van der Waals surface area contributed by atoms with Crippen LogP contribution in [0.5, 0.6) is 0 Å². The summed E-state index contributed by atoms with van der Waals surface area (Å²) in [7, 11) is 0. The molecule has 0 aliphatic carbocycles. The van der Waals surface area contributed by atoms with E-state index in [0.29, 0.717) is 6.04 Å². The molecule has 0 aliphatic heterocycles. The number of nitriles is 1. The molecule has 2 atom stereocenters. The smallest absolute Gasteiger partial charge is 0.0991 e. The van der Waals surface area contributed by atoms with Crippen LogP contribution < -0.4 is 5.32 Å². The maximum atomic E-state index is 8.87. The molecule has 1 aromatic carbocycles. The fourth-order valence-electron chi connectivity index (χ4n) is 2.06. The highest BCUT2D eigenvalue weighted by Crippen LogP contribution is 2.13. The van der Waals surface area contributed by atoms with Crippen molar-refractivity contribution in [2.75, 3.05) is 0 Å². The molecule has 2 nitrogen and oxygen atoms in total. The Labute approximate surface area is 111 Å². The van der Waals surface area contributed by atoms with Crippen molar-refractivity contribution in [1.29, 1.82) is 5.26 Å². The second-order valence-corrected chi connectivity index (χ2v) is 5.05. The number of hydrogen-bond acceptors (Lipinski definition) is 2. The molecule has 1 aromatic rings. The predicted molar refractivity (Wildman–Crippen MR) is 76.1 cm³/mol. The fourth-order valence-corrected chi connectivity index (χ4v) is 2.06. The maximum Gasteiger partial charge on any atom is 0.0991 e. The third-order valence-corrected chi connectivity index (χ3v) is 3.53. The van der Waals surface area contributed by atoms with Gasteiger partial charge < -0.3 is 5.32 Å². The molecule has 0 saturated carbocycles. The molecule has 0 amide bonds. The van der Waals surface area contributed by atoms with E-state index >= 15 is 0 Å². The van der Waals surface area contributed by atoms with Gasteiger partial charge >= 0.3 is 0 Å². The molecule has 2 heteroatoms. The van der Waals surface area contributed by atoms with Crippen molar-refractivity contribution in [2.24, 2.45) is 5.92 Å². The maximum absolute atomic E-state index is 8.87. The molecule has 1 rings (SSSR count). The second kappa shape index (κ2) is 7.89. The monoisotopic (exact) mass is 244 g/mol. The van der Waals surface area contributed by atoms with E-state index in [0.717, 1.165) is 24.4 Å². The normalized spacial score (nSPS) is 13.9. The van der Waals surface area contributed by atoms with E-state index in [1.54, 1.807) is 0 Å². The van der Waals surface area contributed by atoms with Gasteiger partial charge in [-0.25, -0.2) is 0 Å². The van der Waals surface area contributed by atoms with Gasteiger partial charge in [0.1, 0.15) is 0 Å². The predicted octanol–water partition coefficient (Wildman–Crippen LogP) is 3.86. The van der Waals surface area contributed by atoms with Crippen LogP contribution in [0, 0.1) is 17.2 Å². The van der Waals surface area contributed by atoms with Gasteiger partial charge in [0.05, 0.1) is 11.6 Å². The van der Waals surface area contributed by atoms with Crippen LogP contribution in [-0.2, 0) is 6.54 Å². The van der Waals surface area contributed by atoms with Crippen LogP contribution in [0.3, 0.4) is 0 Å². The molecule has 0 spiro atoms. The number of hydrogen-bond donors (Lipinski definition) is 1. The zero-order valence-corrected chi connectivity index (χ0v) is 11.7. The Bertz CT molecular complexity index is 392. The van der Waals surface area contributed by atoms with Crippen LogP contribution in [0.1, 0.15) is 51.2 Å². The summed E-state index contributed by atoms with van der Waals surface area (Å²) in [5.41, 5.74) is 1.93. The molecule has 0 heterocycles. The van der Waals surface area contributed by atoms with Gasteiger partial charge in [-0.1, -0.05) is 39.3 Å². The molecule has 98 valence electrons. The number of benzene rings is 1. The van der Waals surface area contributed by atoms with Crippen molar-refractivity contribution in [1.82, 2.24) is 5.32 Å². The van der Waals surface area contributed by atoms with Crippen molar-refractivity contribution >= 4 is 0 Å². The summed E-state index contributed by atoms with van der Waals surface area (Å²) in [6, 6.07) is 10.6. The summed E-state index contributed by atoms with van der Waals surface area (Å²) in [5.74, 6) is 0.771. The van der Waals surface area contributed by atoms with E-state index < -0.39 is 0 Å². The van der Waals surface area contributed by atoms with Crippen LogP contribution in [0.2, 0.25) is 0 Å². The van der Waals surface area contributed by atoms with Gasteiger partial charge in [0, 0.05) is 12.6 Å². The van der Waals surface area contributed by atoms with Gasteiger partial charge in [0.2, 0.25) is 0 Å². The summed E-state index contributed by atoms with van der Waals surface area (Å²) in [4.78, 5) is 0. The fraction of sp³-hybridized carbons (Fsp3) is 0.562. The highest BCUT2D eigenvalue weighted by Gasteiger charge is 2.09. The van der Waals surface area contributed by atoms with Crippen molar-refractivity contribution in [2.45, 2.75) is 52.6 Å². The molecule has 0 fully saturated rings. The van der Waals surface area contributed by atoms with E-state index in [1.165, 1.54) is 18.4 Å². The first-order valence-electron chi connectivity index (χ1n) is 6.92. The number of nitrogens with zero attached hydrogens (tertiary/aromatic N) is 1. The van der Waals surface area contributed by atoms with Gasteiger partial charge in [0.15, 0.2) is 0 Å². The zero-order chi connectivity index (χ0) is 13.4. The van der Waals surface area contributed by atoms with Crippen LogP contribution in [-0.4, -0.2) is 6.04 Å². The Morgan fingerprint density at radius 3 is 2.67 bits per heavy atom. The Morgan fingerprint density at radius 2 is 2.06 bits per heavy atom. The molecule has 0 aliphatic rings. The lowest BCUT2D eigenvalue weighted by atomic mass is 9.97. The average molecular weight is 244 g/mol. The van der Waals surface area contributed by atoms with Crippen LogP contribution in [0.25, 0.3) is 0 Å². The highest BCUT2D eigenvalue weighted by atomic mass is 14.9. The standard InChI is InChI=1S/C16H24N2/c1-4-13(3)9-16(5-2)18-12-15-8-6-7-14(10-15)11-17/h6-8,10,13,16,18H,4-5,9,12H2,1-3H3. The lowest BCUT2D eigenvalue weighted by Crippen LogP contribution is -2.29. The van der Waals surface area contributed by atoms with Crippen LogP contribution in [0.15, 0.2) is 24.3 Å². The molecule has 2 unspecified atom stereocenters. The van der Waals surface area contributed by atoms with Gasteiger partial charge in [-0.05, 0) is 36.5 Å². The first kappa shape index (κ1) is 14.7. The summed E-state index contributed by atoms with van der Waals surface area (Å²) in [6.07, 6.45) is 3.62. The number of rotatable bonds is 7. The van der Waals surface area contributed by atoms with Gasteiger partial charge in [0.25, 0.3) is 0 Å². The van der Waals surface area contributed by atoms with Gasteiger partial charge in [-0.2, -0.15) is 5.26 Å². The quantitative estimate of drug-likeness (QED) is 0.790. The van der Waals surface area contributed by atoms with Crippen LogP contribution >= 0.6 is 0 Å². The van der Waals surface area contributed by atoms with Crippen molar-refractivity contribution in [3.05, 3.63) is 35.4 Å². The third kappa shape index (κ3) is 4.89. The molecule has 1 N–H and O–H groups in total. The van der Waals surface area contributed by atoms with Gasteiger partial charge in [-0.15, -0.1) is 0 Å². The van der Waals surface area contributed by atoms with E-state index in [4.69, 9.17) is 5.26 Å². The van der Waals surface area contributed by atoms with Crippen LogP contribution in [0.4, 0.5) is 0 Å². The molecule has 0 bridgehead atoms.